The summed E-state index contributed by atoms with van der Waals surface area (Å²) in [6.07, 6.45) is 1.47. The number of rotatable bonds is 4. The average molecular weight is 286 g/mol. The van der Waals surface area contributed by atoms with Gasteiger partial charge in [0, 0.05) is 25.9 Å². The molecule has 2 heterocycles. The van der Waals surface area contributed by atoms with E-state index in [9.17, 15) is 9.59 Å². The summed E-state index contributed by atoms with van der Waals surface area (Å²) in [7, 11) is 0. The molecule has 2 saturated heterocycles. The van der Waals surface area contributed by atoms with Crippen LogP contribution in [0.2, 0.25) is 0 Å². The molecule has 0 aromatic carbocycles. The fourth-order valence-electron chi connectivity index (χ4n) is 2.60. The molecule has 1 amide bonds. The summed E-state index contributed by atoms with van der Waals surface area (Å²) >= 11 is 0. The summed E-state index contributed by atoms with van der Waals surface area (Å²) in [5.41, 5.74) is 0. The molecule has 2 N–H and O–H groups in total. The molecule has 0 aromatic rings. The van der Waals surface area contributed by atoms with Gasteiger partial charge in [0.15, 0.2) is 5.79 Å². The Morgan fingerprint density at radius 3 is 2.25 bits per heavy atom. The first-order chi connectivity index (χ1) is 9.43. The first kappa shape index (κ1) is 15.2. The zero-order valence-corrected chi connectivity index (χ0v) is 11.9. The molecule has 2 aliphatic rings. The summed E-state index contributed by atoms with van der Waals surface area (Å²) in [6, 6.07) is -1.22. The Labute approximate surface area is 118 Å². The first-order valence-corrected chi connectivity index (χ1v) is 6.99. The molecule has 0 aromatic heterocycles. The van der Waals surface area contributed by atoms with Crippen LogP contribution in [0, 0.1) is 0 Å². The first-order valence-electron chi connectivity index (χ1n) is 6.99. The minimum absolute atomic E-state index is 0.260. The Bertz CT molecular complexity index is 371. The van der Waals surface area contributed by atoms with E-state index in [1.807, 2.05) is 4.90 Å². The Morgan fingerprint density at radius 1 is 1.20 bits per heavy atom. The maximum atomic E-state index is 12.0. The molecule has 7 nitrogen and oxygen atoms in total. The van der Waals surface area contributed by atoms with Crippen LogP contribution in [0.4, 0.5) is 0 Å². The second-order valence-corrected chi connectivity index (χ2v) is 5.39. The molecular weight excluding hydrogens is 264 g/mol. The van der Waals surface area contributed by atoms with Gasteiger partial charge in [0.1, 0.15) is 6.04 Å². The smallest absolute Gasteiger partial charge is 0.325 e. The van der Waals surface area contributed by atoms with Crippen molar-refractivity contribution in [3.05, 3.63) is 0 Å². The molecule has 2 rings (SSSR count). The van der Waals surface area contributed by atoms with Crippen LogP contribution in [0.15, 0.2) is 0 Å². The number of hydrogen-bond donors (Lipinski definition) is 2. The van der Waals surface area contributed by atoms with Crippen LogP contribution in [-0.4, -0.2) is 66.1 Å². The van der Waals surface area contributed by atoms with Crippen molar-refractivity contribution >= 4 is 11.9 Å². The minimum atomic E-state index is -1.03. The van der Waals surface area contributed by atoms with Gasteiger partial charge >= 0.3 is 5.97 Å². The lowest BCUT2D eigenvalue weighted by Gasteiger charge is -2.39. The summed E-state index contributed by atoms with van der Waals surface area (Å²) in [5.74, 6) is -1.75. The standard InChI is InChI=1S/C13H22N2O5/c1-9(12(17)18)14-11(16)10(2)15-5-3-13(4-6-15)19-7-8-20-13/h9-10H,3-8H2,1-2H3,(H,14,16)(H,17,18). The molecular formula is C13H22N2O5. The largest absolute Gasteiger partial charge is 0.480 e. The number of ether oxygens (including phenoxy) is 2. The molecule has 1 spiro atoms. The van der Waals surface area contributed by atoms with Crippen LogP contribution >= 0.6 is 0 Å². The SMILES string of the molecule is CC(NC(=O)C(C)N1CCC2(CC1)OCCO2)C(=O)O. The third kappa shape index (κ3) is 3.28. The van der Waals surface area contributed by atoms with Crippen molar-refractivity contribution in [3.63, 3.8) is 0 Å². The second kappa shape index (κ2) is 6.07. The fraction of sp³-hybridized carbons (Fsp3) is 0.846. The quantitative estimate of drug-likeness (QED) is 0.744. The van der Waals surface area contributed by atoms with Crippen LogP contribution < -0.4 is 5.32 Å². The van der Waals surface area contributed by atoms with E-state index in [2.05, 4.69) is 5.32 Å². The van der Waals surface area contributed by atoms with Crippen molar-refractivity contribution in [2.75, 3.05) is 26.3 Å². The summed E-state index contributed by atoms with van der Waals surface area (Å²) < 4.78 is 11.3. The lowest BCUT2D eigenvalue weighted by molar-refractivity contribution is -0.188. The number of piperidine rings is 1. The molecule has 2 aliphatic heterocycles. The van der Waals surface area contributed by atoms with E-state index in [1.54, 1.807) is 6.92 Å². The van der Waals surface area contributed by atoms with E-state index in [0.29, 0.717) is 26.3 Å². The van der Waals surface area contributed by atoms with Crippen molar-refractivity contribution in [1.82, 2.24) is 10.2 Å². The average Bonchev–Trinajstić information content (AvgIpc) is 2.87. The lowest BCUT2D eigenvalue weighted by Crippen LogP contribution is -2.54. The Kier molecular flexibility index (Phi) is 4.62. The number of carboxylic acid groups (broad SMARTS) is 1. The molecule has 0 saturated carbocycles. The highest BCUT2D eigenvalue weighted by molar-refractivity contribution is 5.86. The van der Waals surface area contributed by atoms with Crippen LogP contribution in [0.25, 0.3) is 0 Å². The normalized spacial score (nSPS) is 25.3. The second-order valence-electron chi connectivity index (χ2n) is 5.39. The van der Waals surface area contributed by atoms with E-state index >= 15 is 0 Å². The monoisotopic (exact) mass is 286 g/mol. The van der Waals surface area contributed by atoms with Gasteiger partial charge in [0.25, 0.3) is 0 Å². The number of aliphatic carboxylic acids is 1. The van der Waals surface area contributed by atoms with Crippen LogP contribution in [-0.2, 0) is 19.1 Å². The molecule has 0 bridgehead atoms. The number of likely N-dealkylation sites (tertiary alicyclic amines) is 1. The highest BCUT2D eigenvalue weighted by atomic mass is 16.7. The molecule has 2 unspecified atom stereocenters. The number of hydrogen-bond acceptors (Lipinski definition) is 5. The summed E-state index contributed by atoms with van der Waals surface area (Å²) in [4.78, 5) is 24.8. The van der Waals surface area contributed by atoms with Crippen molar-refractivity contribution in [2.45, 2.75) is 44.6 Å². The van der Waals surface area contributed by atoms with E-state index in [-0.39, 0.29) is 11.9 Å². The van der Waals surface area contributed by atoms with E-state index < -0.39 is 17.8 Å². The number of nitrogens with zero attached hydrogens (tertiary/aromatic N) is 1. The molecule has 20 heavy (non-hydrogen) atoms. The molecule has 114 valence electrons. The molecule has 0 aliphatic carbocycles. The van der Waals surface area contributed by atoms with Gasteiger partial charge < -0.3 is 19.9 Å². The van der Waals surface area contributed by atoms with Gasteiger partial charge in [-0.25, -0.2) is 0 Å². The van der Waals surface area contributed by atoms with Crippen LogP contribution in [0.5, 0.6) is 0 Å². The van der Waals surface area contributed by atoms with Crippen molar-refractivity contribution in [1.29, 1.82) is 0 Å². The highest BCUT2D eigenvalue weighted by Gasteiger charge is 2.41. The van der Waals surface area contributed by atoms with Crippen LogP contribution in [0.1, 0.15) is 26.7 Å². The van der Waals surface area contributed by atoms with Gasteiger partial charge in [-0.2, -0.15) is 0 Å². The third-order valence-electron chi connectivity index (χ3n) is 4.03. The number of carbonyl (C=O) groups is 2. The predicted octanol–water partition coefficient (Wildman–Crippen LogP) is -0.197. The zero-order chi connectivity index (χ0) is 14.8. The van der Waals surface area contributed by atoms with Gasteiger partial charge in [-0.15, -0.1) is 0 Å². The maximum Gasteiger partial charge on any atom is 0.325 e. The van der Waals surface area contributed by atoms with E-state index in [0.717, 1.165) is 12.8 Å². The van der Waals surface area contributed by atoms with Crippen LogP contribution in [0.3, 0.4) is 0 Å². The van der Waals surface area contributed by atoms with Crippen molar-refractivity contribution < 1.29 is 24.2 Å². The van der Waals surface area contributed by atoms with Gasteiger partial charge in [-0.3, -0.25) is 14.5 Å². The molecule has 7 heteroatoms. The molecule has 2 fully saturated rings. The van der Waals surface area contributed by atoms with Gasteiger partial charge in [-0.05, 0) is 13.8 Å². The Hall–Kier alpha value is -1.18. The Balaban J connectivity index is 1.83. The Morgan fingerprint density at radius 2 is 1.75 bits per heavy atom. The van der Waals surface area contributed by atoms with Gasteiger partial charge in [0.05, 0.1) is 19.3 Å². The number of amides is 1. The van der Waals surface area contributed by atoms with Gasteiger partial charge in [0.2, 0.25) is 5.91 Å². The molecule has 2 atom stereocenters. The summed E-state index contributed by atoms with van der Waals surface area (Å²) in [6.45, 7) is 5.92. The van der Waals surface area contributed by atoms with Crippen molar-refractivity contribution in [2.24, 2.45) is 0 Å². The van der Waals surface area contributed by atoms with E-state index in [1.165, 1.54) is 6.92 Å². The zero-order valence-electron chi connectivity index (χ0n) is 11.9. The third-order valence-corrected chi connectivity index (χ3v) is 4.03. The maximum absolute atomic E-state index is 12.0. The predicted molar refractivity (Wildman–Crippen MR) is 70.1 cm³/mol. The number of carbonyl (C=O) groups excluding carboxylic acids is 1. The van der Waals surface area contributed by atoms with Crippen molar-refractivity contribution in [3.8, 4) is 0 Å². The number of nitrogens with one attached hydrogen (secondary N) is 1. The van der Waals surface area contributed by atoms with Gasteiger partial charge in [-0.1, -0.05) is 0 Å². The van der Waals surface area contributed by atoms with E-state index in [4.69, 9.17) is 14.6 Å². The minimum Gasteiger partial charge on any atom is -0.480 e. The highest BCUT2D eigenvalue weighted by Crippen LogP contribution is 2.31. The number of carboxylic acids is 1. The lowest BCUT2D eigenvalue weighted by atomic mass is 10.0. The molecule has 0 radical (unpaired) electrons. The summed E-state index contributed by atoms with van der Waals surface area (Å²) in [5, 5.41) is 11.3. The topological polar surface area (TPSA) is 88.1 Å². The fourth-order valence-corrected chi connectivity index (χ4v) is 2.60.